The van der Waals surface area contributed by atoms with Gasteiger partial charge in [-0.2, -0.15) is 9.97 Å². The van der Waals surface area contributed by atoms with E-state index in [-0.39, 0.29) is 11.8 Å². The third kappa shape index (κ3) is 3.44. The summed E-state index contributed by atoms with van der Waals surface area (Å²) in [5.41, 5.74) is 6.35. The van der Waals surface area contributed by atoms with Crippen LogP contribution in [0.3, 0.4) is 0 Å². The number of aryl methyl sites for hydroxylation is 3. The Hall–Kier alpha value is -2.97. The number of ether oxygens (including phenoxy) is 1. The van der Waals surface area contributed by atoms with E-state index in [4.69, 9.17) is 19.4 Å². The number of nitrogens with zero attached hydrogens (tertiary/aromatic N) is 5. The Balaban J connectivity index is 1.63. The van der Waals surface area contributed by atoms with Gasteiger partial charge in [-0.25, -0.2) is 9.97 Å². The number of hydrogen-bond donors (Lipinski definition) is 1. The quantitative estimate of drug-likeness (QED) is 0.721. The van der Waals surface area contributed by atoms with E-state index in [0.29, 0.717) is 36.0 Å². The molecule has 0 saturated carbocycles. The second-order valence-corrected chi connectivity index (χ2v) is 4.89. The Kier molecular flexibility index (Phi) is 4.18. The highest BCUT2D eigenvalue weighted by Gasteiger charge is 2.14. The Morgan fingerprint density at radius 3 is 2.65 bits per heavy atom. The lowest BCUT2D eigenvalue weighted by Gasteiger charge is -2.01. The summed E-state index contributed by atoms with van der Waals surface area (Å²) in [6.45, 7) is 1.86. The normalized spacial score (nSPS) is 10.9. The van der Waals surface area contributed by atoms with E-state index in [0.717, 1.165) is 12.2 Å². The molecule has 3 rings (SSSR count). The first-order valence-corrected chi connectivity index (χ1v) is 7.06. The zero-order chi connectivity index (χ0) is 16.2. The summed E-state index contributed by atoms with van der Waals surface area (Å²) >= 11 is 0. The van der Waals surface area contributed by atoms with Crippen molar-refractivity contribution in [3.05, 3.63) is 29.9 Å². The van der Waals surface area contributed by atoms with E-state index in [2.05, 4.69) is 25.1 Å². The van der Waals surface area contributed by atoms with E-state index in [1.807, 2.05) is 6.92 Å². The van der Waals surface area contributed by atoms with Crippen molar-refractivity contribution in [2.45, 2.75) is 26.2 Å². The van der Waals surface area contributed by atoms with Gasteiger partial charge in [-0.05, 0) is 13.3 Å². The highest BCUT2D eigenvalue weighted by Crippen LogP contribution is 2.22. The fourth-order valence-electron chi connectivity index (χ4n) is 2.02. The molecule has 23 heavy (non-hydrogen) atoms. The molecule has 0 aliphatic heterocycles. The van der Waals surface area contributed by atoms with Crippen LogP contribution < -0.4 is 10.5 Å². The molecule has 0 aromatic carbocycles. The van der Waals surface area contributed by atoms with Gasteiger partial charge in [-0.3, -0.25) is 0 Å². The van der Waals surface area contributed by atoms with Gasteiger partial charge >= 0.3 is 6.01 Å². The Bertz CT molecular complexity index is 797. The van der Waals surface area contributed by atoms with Crippen molar-refractivity contribution in [3.63, 3.8) is 0 Å². The minimum Gasteiger partial charge on any atom is -0.467 e. The Morgan fingerprint density at radius 2 is 1.96 bits per heavy atom. The number of rotatable bonds is 6. The van der Waals surface area contributed by atoms with Crippen LogP contribution in [0.15, 0.2) is 21.3 Å². The summed E-state index contributed by atoms with van der Waals surface area (Å²) in [6, 6.07) is 0.191. The zero-order valence-electron chi connectivity index (χ0n) is 12.8. The lowest BCUT2D eigenvalue weighted by atomic mass is 10.2. The number of nitrogens with two attached hydrogens (primary N) is 1. The van der Waals surface area contributed by atoms with Crippen molar-refractivity contribution in [3.8, 4) is 17.4 Å². The van der Waals surface area contributed by atoms with Gasteiger partial charge < -0.3 is 19.4 Å². The number of nitrogen functional groups attached to an aromatic ring is 1. The molecule has 0 aliphatic carbocycles. The SMILES string of the molecule is COc1ncc(-c2noc(CCCc3ncc(C)o3)n2)c(N)n1. The van der Waals surface area contributed by atoms with Crippen LogP contribution in [-0.4, -0.2) is 32.2 Å². The molecule has 0 saturated heterocycles. The molecule has 9 nitrogen and oxygen atoms in total. The van der Waals surface area contributed by atoms with Gasteiger partial charge in [0.1, 0.15) is 11.6 Å². The van der Waals surface area contributed by atoms with Crippen LogP contribution in [0.1, 0.15) is 24.0 Å². The van der Waals surface area contributed by atoms with Crippen LogP contribution in [0.25, 0.3) is 11.4 Å². The first-order chi connectivity index (χ1) is 11.2. The summed E-state index contributed by atoms with van der Waals surface area (Å²) in [4.78, 5) is 16.4. The maximum Gasteiger partial charge on any atom is 0.318 e. The van der Waals surface area contributed by atoms with Crippen molar-refractivity contribution in [1.82, 2.24) is 25.1 Å². The molecule has 0 unspecified atom stereocenters. The number of anilines is 1. The highest BCUT2D eigenvalue weighted by molar-refractivity contribution is 5.66. The monoisotopic (exact) mass is 316 g/mol. The first-order valence-electron chi connectivity index (χ1n) is 7.06. The topological polar surface area (TPSA) is 126 Å². The van der Waals surface area contributed by atoms with Crippen LogP contribution in [-0.2, 0) is 12.8 Å². The minimum absolute atomic E-state index is 0.191. The molecule has 2 N–H and O–H groups in total. The molecule has 0 atom stereocenters. The zero-order valence-corrected chi connectivity index (χ0v) is 12.8. The van der Waals surface area contributed by atoms with Crippen LogP contribution in [0.4, 0.5) is 5.82 Å². The molecule has 0 fully saturated rings. The Labute approximate surface area is 131 Å². The van der Waals surface area contributed by atoms with Gasteiger partial charge in [0.25, 0.3) is 0 Å². The molecule has 3 heterocycles. The summed E-state index contributed by atoms with van der Waals surface area (Å²) in [7, 11) is 1.47. The second kappa shape index (κ2) is 6.42. The van der Waals surface area contributed by atoms with E-state index >= 15 is 0 Å². The van der Waals surface area contributed by atoms with Crippen molar-refractivity contribution in [1.29, 1.82) is 0 Å². The van der Waals surface area contributed by atoms with Crippen LogP contribution >= 0.6 is 0 Å². The summed E-state index contributed by atoms with van der Waals surface area (Å²) in [5.74, 6) is 2.61. The van der Waals surface area contributed by atoms with Crippen molar-refractivity contribution in [2.75, 3.05) is 12.8 Å². The molecule has 0 spiro atoms. The summed E-state index contributed by atoms with van der Waals surface area (Å²) in [5, 5.41) is 3.91. The summed E-state index contributed by atoms with van der Waals surface area (Å²) < 4.78 is 15.5. The maximum absolute atomic E-state index is 5.84. The number of methoxy groups -OCH3 is 1. The van der Waals surface area contributed by atoms with Crippen molar-refractivity contribution >= 4 is 5.82 Å². The molecule has 0 bridgehead atoms. The highest BCUT2D eigenvalue weighted by atomic mass is 16.5. The summed E-state index contributed by atoms with van der Waals surface area (Å²) in [6.07, 6.45) is 5.32. The largest absolute Gasteiger partial charge is 0.467 e. The molecular weight excluding hydrogens is 300 g/mol. The van der Waals surface area contributed by atoms with Gasteiger partial charge in [0.05, 0.1) is 18.9 Å². The Morgan fingerprint density at radius 1 is 1.13 bits per heavy atom. The van der Waals surface area contributed by atoms with Crippen LogP contribution in [0.5, 0.6) is 6.01 Å². The third-order valence-electron chi connectivity index (χ3n) is 3.14. The van der Waals surface area contributed by atoms with Gasteiger partial charge in [0.2, 0.25) is 11.7 Å². The van der Waals surface area contributed by atoms with Gasteiger partial charge in [0, 0.05) is 19.0 Å². The average molecular weight is 316 g/mol. The lowest BCUT2D eigenvalue weighted by molar-refractivity contribution is 0.372. The number of hydrogen-bond acceptors (Lipinski definition) is 9. The molecule has 3 aromatic heterocycles. The molecule has 0 aliphatic rings. The lowest BCUT2D eigenvalue weighted by Crippen LogP contribution is -2.00. The molecule has 3 aromatic rings. The minimum atomic E-state index is 0.191. The van der Waals surface area contributed by atoms with E-state index < -0.39 is 0 Å². The fourth-order valence-corrected chi connectivity index (χ4v) is 2.02. The third-order valence-corrected chi connectivity index (χ3v) is 3.14. The smallest absolute Gasteiger partial charge is 0.318 e. The van der Waals surface area contributed by atoms with E-state index in [1.165, 1.54) is 13.3 Å². The second-order valence-electron chi connectivity index (χ2n) is 4.89. The molecule has 9 heteroatoms. The standard InChI is InChI=1S/C14H16N6O3/c1-8-6-16-10(22-8)4-3-5-11-18-13(20-23-11)9-7-17-14(21-2)19-12(9)15/h6-7H,3-5H2,1-2H3,(H2,15,17,19). The van der Waals surface area contributed by atoms with Gasteiger partial charge in [-0.1, -0.05) is 5.16 Å². The number of oxazole rings is 1. The molecular formula is C14H16N6O3. The van der Waals surface area contributed by atoms with Crippen LogP contribution in [0, 0.1) is 6.92 Å². The molecule has 0 radical (unpaired) electrons. The van der Waals surface area contributed by atoms with Crippen LogP contribution in [0.2, 0.25) is 0 Å². The first kappa shape index (κ1) is 14.9. The maximum atomic E-state index is 5.84. The average Bonchev–Trinajstić information content (AvgIpc) is 3.16. The van der Waals surface area contributed by atoms with E-state index in [9.17, 15) is 0 Å². The van der Waals surface area contributed by atoms with Gasteiger partial charge in [0.15, 0.2) is 5.89 Å². The van der Waals surface area contributed by atoms with Crippen molar-refractivity contribution in [2.24, 2.45) is 0 Å². The predicted octanol–water partition coefficient (Wildman–Crippen LogP) is 1.59. The van der Waals surface area contributed by atoms with Crippen molar-refractivity contribution < 1.29 is 13.7 Å². The fraction of sp³-hybridized carbons (Fsp3) is 0.357. The predicted molar refractivity (Wildman–Crippen MR) is 79.6 cm³/mol. The molecule has 0 amide bonds. The number of aromatic nitrogens is 5. The molecule has 120 valence electrons. The van der Waals surface area contributed by atoms with Gasteiger partial charge in [-0.15, -0.1) is 0 Å². The van der Waals surface area contributed by atoms with E-state index in [1.54, 1.807) is 6.20 Å².